The highest BCUT2D eigenvalue weighted by molar-refractivity contribution is 6.35. The SMILES string of the molecule is O=CNc1cn2cc(-c3c(Cl)c(F)c(C4CCCC4O)c4[nH]ncc34)ncc2n1. The number of H-pyrrole nitrogens is 1. The Kier molecular flexibility index (Phi) is 4.21. The van der Waals surface area contributed by atoms with Gasteiger partial charge in [0.1, 0.15) is 5.82 Å². The fourth-order valence-corrected chi connectivity index (χ4v) is 4.47. The van der Waals surface area contributed by atoms with Crippen LogP contribution in [-0.2, 0) is 4.79 Å². The molecule has 1 aliphatic rings. The van der Waals surface area contributed by atoms with Crippen molar-refractivity contribution in [3.05, 3.63) is 41.2 Å². The number of aliphatic hydroxyl groups excluding tert-OH is 1. The van der Waals surface area contributed by atoms with E-state index >= 15 is 4.39 Å². The van der Waals surface area contributed by atoms with Crippen molar-refractivity contribution in [3.63, 3.8) is 0 Å². The third-order valence-electron chi connectivity index (χ3n) is 5.48. The van der Waals surface area contributed by atoms with Gasteiger partial charge >= 0.3 is 0 Å². The van der Waals surface area contributed by atoms with Gasteiger partial charge in [0.2, 0.25) is 6.41 Å². The Morgan fingerprint density at radius 2 is 2.21 bits per heavy atom. The van der Waals surface area contributed by atoms with Crippen molar-refractivity contribution in [1.29, 1.82) is 0 Å². The Morgan fingerprint density at radius 3 is 2.97 bits per heavy atom. The molecule has 3 aromatic heterocycles. The van der Waals surface area contributed by atoms with Crippen LogP contribution in [-0.4, -0.2) is 42.2 Å². The molecule has 4 aromatic rings. The molecule has 0 radical (unpaired) electrons. The zero-order chi connectivity index (χ0) is 20.1. The molecule has 0 saturated heterocycles. The highest BCUT2D eigenvalue weighted by Crippen LogP contribution is 2.45. The Balaban J connectivity index is 1.72. The molecule has 3 heterocycles. The lowest BCUT2D eigenvalue weighted by molar-refractivity contribution is -0.105. The van der Waals surface area contributed by atoms with Crippen LogP contribution in [0.5, 0.6) is 0 Å². The number of hydrogen-bond donors (Lipinski definition) is 3. The van der Waals surface area contributed by atoms with Crippen LogP contribution in [0.15, 0.2) is 24.8 Å². The number of carbonyl (C=O) groups is 1. The van der Waals surface area contributed by atoms with E-state index in [0.29, 0.717) is 58.4 Å². The average Bonchev–Trinajstić information content (AvgIpc) is 3.43. The summed E-state index contributed by atoms with van der Waals surface area (Å²) in [6.45, 7) is 0. The molecular formula is C19H16ClFN6O2. The fraction of sp³-hybridized carbons (Fsp3) is 0.263. The van der Waals surface area contributed by atoms with Gasteiger partial charge in [-0.15, -0.1) is 0 Å². The second kappa shape index (κ2) is 6.78. The molecule has 5 rings (SSSR count). The number of aromatic amines is 1. The minimum atomic E-state index is -0.609. The molecule has 1 amide bonds. The van der Waals surface area contributed by atoms with Crippen molar-refractivity contribution < 1.29 is 14.3 Å². The first-order valence-corrected chi connectivity index (χ1v) is 9.53. The van der Waals surface area contributed by atoms with Gasteiger partial charge in [0.25, 0.3) is 0 Å². The standard InChI is InChI=1S/C19H16ClFN6O2/c20-17-15(11-6-27-7-13(23-8-28)25-14(27)5-22-11)10-4-24-26-19(10)16(18(17)21)9-2-1-3-12(9)29/h4-9,12,29H,1-3H2,(H,23,28)(H,24,26). The number of anilines is 1. The van der Waals surface area contributed by atoms with E-state index in [1.807, 2.05) is 0 Å². The second-order valence-electron chi connectivity index (χ2n) is 7.11. The van der Waals surface area contributed by atoms with Crippen LogP contribution < -0.4 is 5.32 Å². The van der Waals surface area contributed by atoms with E-state index in [2.05, 4.69) is 25.5 Å². The van der Waals surface area contributed by atoms with E-state index in [4.69, 9.17) is 11.6 Å². The van der Waals surface area contributed by atoms with E-state index in [-0.39, 0.29) is 10.9 Å². The van der Waals surface area contributed by atoms with Crippen LogP contribution >= 0.6 is 11.6 Å². The number of aromatic nitrogens is 5. The van der Waals surface area contributed by atoms with Crippen LogP contribution in [0.2, 0.25) is 5.02 Å². The molecule has 0 aliphatic heterocycles. The van der Waals surface area contributed by atoms with Crippen LogP contribution in [0, 0.1) is 5.82 Å². The summed E-state index contributed by atoms with van der Waals surface area (Å²) in [7, 11) is 0. The molecule has 1 saturated carbocycles. The third-order valence-corrected chi connectivity index (χ3v) is 5.84. The molecule has 1 fully saturated rings. The van der Waals surface area contributed by atoms with Crippen molar-refractivity contribution in [2.24, 2.45) is 0 Å². The summed E-state index contributed by atoms with van der Waals surface area (Å²) in [5.41, 5.74) is 2.25. The summed E-state index contributed by atoms with van der Waals surface area (Å²) in [6.07, 6.45) is 8.46. The molecule has 2 unspecified atom stereocenters. The summed E-state index contributed by atoms with van der Waals surface area (Å²) in [4.78, 5) is 19.2. The van der Waals surface area contributed by atoms with Gasteiger partial charge < -0.3 is 14.8 Å². The normalized spacial score (nSPS) is 19.3. The van der Waals surface area contributed by atoms with Crippen molar-refractivity contribution in [2.45, 2.75) is 31.3 Å². The zero-order valence-electron chi connectivity index (χ0n) is 15.1. The molecule has 10 heteroatoms. The minimum Gasteiger partial charge on any atom is -0.392 e. The lowest BCUT2D eigenvalue weighted by Crippen LogP contribution is -2.14. The van der Waals surface area contributed by atoms with Gasteiger partial charge in [-0.1, -0.05) is 18.0 Å². The maximum absolute atomic E-state index is 15.4. The summed E-state index contributed by atoms with van der Waals surface area (Å²) in [5.74, 6) is -0.527. The van der Waals surface area contributed by atoms with Gasteiger partial charge in [0, 0.05) is 28.6 Å². The first-order valence-electron chi connectivity index (χ1n) is 9.15. The van der Waals surface area contributed by atoms with Gasteiger partial charge in [-0.3, -0.25) is 14.9 Å². The van der Waals surface area contributed by atoms with E-state index in [9.17, 15) is 9.90 Å². The first kappa shape index (κ1) is 18.0. The van der Waals surface area contributed by atoms with E-state index in [1.165, 1.54) is 6.20 Å². The van der Waals surface area contributed by atoms with Gasteiger partial charge in [0.05, 0.1) is 40.9 Å². The van der Waals surface area contributed by atoms with Crippen molar-refractivity contribution >= 4 is 40.4 Å². The van der Waals surface area contributed by atoms with Crippen LogP contribution in [0.1, 0.15) is 30.7 Å². The number of amides is 1. The monoisotopic (exact) mass is 414 g/mol. The number of aliphatic hydroxyl groups is 1. The number of hydrogen-bond acceptors (Lipinski definition) is 5. The van der Waals surface area contributed by atoms with E-state index in [0.717, 1.165) is 6.42 Å². The summed E-state index contributed by atoms with van der Waals surface area (Å²) >= 11 is 6.48. The predicted molar refractivity (Wildman–Crippen MR) is 105 cm³/mol. The van der Waals surface area contributed by atoms with Gasteiger partial charge in [0.15, 0.2) is 11.5 Å². The number of carbonyl (C=O) groups excluding carboxylic acids is 1. The van der Waals surface area contributed by atoms with Crippen molar-refractivity contribution in [1.82, 2.24) is 24.6 Å². The molecule has 3 N–H and O–H groups in total. The molecule has 0 spiro atoms. The van der Waals surface area contributed by atoms with Crippen LogP contribution in [0.25, 0.3) is 27.8 Å². The number of halogens is 2. The predicted octanol–water partition coefficient (Wildman–Crippen LogP) is 3.26. The van der Waals surface area contributed by atoms with Gasteiger partial charge in [-0.25, -0.2) is 9.37 Å². The summed E-state index contributed by atoms with van der Waals surface area (Å²) < 4.78 is 17.1. The molecule has 1 aromatic carbocycles. The van der Waals surface area contributed by atoms with E-state index in [1.54, 1.807) is 23.0 Å². The molecule has 148 valence electrons. The Morgan fingerprint density at radius 1 is 1.34 bits per heavy atom. The smallest absolute Gasteiger partial charge is 0.212 e. The molecule has 8 nitrogen and oxygen atoms in total. The van der Waals surface area contributed by atoms with Crippen molar-refractivity contribution in [3.8, 4) is 11.3 Å². The third kappa shape index (κ3) is 2.77. The number of benzene rings is 1. The Hall–Kier alpha value is -3.04. The topological polar surface area (TPSA) is 108 Å². The highest BCUT2D eigenvalue weighted by atomic mass is 35.5. The summed E-state index contributed by atoms with van der Waals surface area (Å²) in [5, 5.41) is 20.3. The molecule has 1 aliphatic carbocycles. The molecule has 2 atom stereocenters. The summed E-state index contributed by atoms with van der Waals surface area (Å²) in [6, 6.07) is 0. The van der Waals surface area contributed by atoms with E-state index < -0.39 is 11.9 Å². The lowest BCUT2D eigenvalue weighted by Gasteiger charge is -2.19. The molecule has 0 bridgehead atoms. The largest absolute Gasteiger partial charge is 0.392 e. The first-order chi connectivity index (χ1) is 14.1. The fourth-order valence-electron chi connectivity index (χ4n) is 4.17. The number of nitrogens with zero attached hydrogens (tertiary/aromatic N) is 4. The quantitative estimate of drug-likeness (QED) is 0.444. The second-order valence-corrected chi connectivity index (χ2v) is 7.48. The molecular weight excluding hydrogens is 399 g/mol. The number of nitrogens with one attached hydrogen (secondary N) is 2. The van der Waals surface area contributed by atoms with Crippen molar-refractivity contribution in [2.75, 3.05) is 5.32 Å². The zero-order valence-corrected chi connectivity index (χ0v) is 15.8. The van der Waals surface area contributed by atoms with Gasteiger partial charge in [-0.2, -0.15) is 5.10 Å². The number of rotatable bonds is 4. The number of imidazole rings is 1. The maximum atomic E-state index is 15.4. The number of fused-ring (bicyclic) bond motifs is 2. The minimum absolute atomic E-state index is 0.0637. The van der Waals surface area contributed by atoms with Crippen LogP contribution in [0.3, 0.4) is 0 Å². The Bertz CT molecular complexity index is 1250. The average molecular weight is 415 g/mol. The Labute approximate surface area is 168 Å². The lowest BCUT2D eigenvalue weighted by atomic mass is 9.91. The molecule has 29 heavy (non-hydrogen) atoms. The highest BCUT2D eigenvalue weighted by Gasteiger charge is 2.33. The van der Waals surface area contributed by atoms with Gasteiger partial charge in [-0.05, 0) is 12.8 Å². The van der Waals surface area contributed by atoms with Crippen LogP contribution in [0.4, 0.5) is 10.2 Å². The maximum Gasteiger partial charge on any atom is 0.212 e.